The summed E-state index contributed by atoms with van der Waals surface area (Å²) in [4.78, 5) is 115. The van der Waals surface area contributed by atoms with Gasteiger partial charge in [-0.25, -0.2) is 4.79 Å². The Balaban J connectivity index is 5.63. The van der Waals surface area contributed by atoms with Crippen LogP contribution in [-0.2, 0) is 43.2 Å². The van der Waals surface area contributed by atoms with Gasteiger partial charge in [-0.3, -0.25) is 38.4 Å². The van der Waals surface area contributed by atoms with E-state index in [2.05, 4.69) is 55.2 Å². The normalized spacial score (nSPS) is 15.8. The molecule has 20 nitrogen and oxygen atoms in total. The predicted molar refractivity (Wildman–Crippen MR) is 226 cm³/mol. The summed E-state index contributed by atoms with van der Waals surface area (Å²) in [6, 6.07) is -9.45. The lowest BCUT2D eigenvalue weighted by atomic mass is 9.97. The zero-order valence-electron chi connectivity index (χ0n) is 35.5. The van der Waals surface area contributed by atoms with Crippen LogP contribution in [0.5, 0.6) is 0 Å². The van der Waals surface area contributed by atoms with E-state index < -0.39 is 115 Å². The molecule has 0 aliphatic heterocycles. The number of hydrogen-bond donors (Lipinski definition) is 12. The first-order chi connectivity index (χ1) is 27.5. The summed E-state index contributed by atoms with van der Waals surface area (Å²) < 4.78 is 0. The highest BCUT2D eigenvalue weighted by Crippen LogP contribution is 2.11. The van der Waals surface area contributed by atoms with Gasteiger partial charge in [0.2, 0.25) is 47.3 Å². The van der Waals surface area contributed by atoms with Crippen LogP contribution in [0.15, 0.2) is 0 Å². The van der Waals surface area contributed by atoms with Crippen molar-refractivity contribution in [1.29, 1.82) is 0 Å². The maximum absolute atomic E-state index is 13.3. The molecule has 0 saturated carbocycles. The van der Waals surface area contributed by atoms with Gasteiger partial charge in [-0.1, -0.05) is 48.0 Å². The molecule has 0 spiro atoms. The molecular weight excluding hydrogens is 811 g/mol. The number of rotatable bonds is 28. The molecule has 0 aliphatic carbocycles. The quantitative estimate of drug-likeness (QED) is 0.0371. The van der Waals surface area contributed by atoms with E-state index in [0.717, 1.165) is 0 Å². The van der Waals surface area contributed by atoms with Crippen molar-refractivity contribution in [3.63, 3.8) is 0 Å². The minimum atomic E-state index is -1.57. The van der Waals surface area contributed by atoms with Crippen LogP contribution in [0.4, 0.5) is 0 Å². The second-order valence-corrected chi connectivity index (χ2v) is 16.6. The van der Waals surface area contributed by atoms with Crippen LogP contribution in [0.25, 0.3) is 0 Å². The molecule has 59 heavy (non-hydrogen) atoms. The number of aliphatic carboxylic acids is 1. The first kappa shape index (κ1) is 54.9. The Morgan fingerprint density at radius 2 is 1.10 bits per heavy atom. The molecule has 0 radical (unpaired) electrons. The van der Waals surface area contributed by atoms with Gasteiger partial charge in [0.05, 0.1) is 19.2 Å². The number of nitrogens with two attached hydrogens (primary N) is 1. The van der Waals surface area contributed by atoms with Gasteiger partial charge in [-0.15, -0.1) is 0 Å². The summed E-state index contributed by atoms with van der Waals surface area (Å²) >= 11 is 5.52. The molecule has 0 unspecified atom stereocenters. The minimum Gasteiger partial charge on any atom is -0.480 e. The van der Waals surface area contributed by atoms with E-state index in [1.165, 1.54) is 25.6 Å². The molecule has 9 atom stereocenters. The lowest BCUT2D eigenvalue weighted by molar-refractivity contribution is -0.144. The van der Waals surface area contributed by atoms with E-state index in [1.807, 2.05) is 27.7 Å². The number of carboxylic acids is 1. The third-order valence-electron chi connectivity index (χ3n) is 8.94. The van der Waals surface area contributed by atoms with E-state index in [0.29, 0.717) is 12.2 Å². The van der Waals surface area contributed by atoms with Crippen LogP contribution < -0.4 is 48.3 Å². The van der Waals surface area contributed by atoms with Crippen LogP contribution in [-0.4, -0.2) is 143 Å². The lowest BCUT2D eigenvalue weighted by Gasteiger charge is -2.26. The Hall–Kier alpha value is -4.15. The summed E-state index contributed by atoms with van der Waals surface area (Å²) in [5.74, 6) is -7.58. The fourth-order valence-corrected chi connectivity index (χ4v) is 6.02. The molecule has 8 amide bonds. The van der Waals surface area contributed by atoms with Gasteiger partial charge in [0.1, 0.15) is 42.3 Å². The van der Waals surface area contributed by atoms with E-state index in [9.17, 15) is 53.4 Å². The monoisotopic (exact) mass is 877 g/mol. The molecule has 0 rings (SSSR count). The number of thioether (sulfide) groups is 1. The summed E-state index contributed by atoms with van der Waals surface area (Å²) in [5.41, 5.74) is 5.61. The van der Waals surface area contributed by atoms with Crippen molar-refractivity contribution in [1.82, 2.24) is 42.5 Å². The number of amides is 8. The number of nitrogens with one attached hydrogen (secondary N) is 8. The van der Waals surface area contributed by atoms with Gasteiger partial charge < -0.3 is 58.5 Å². The van der Waals surface area contributed by atoms with Crippen molar-refractivity contribution < 1.29 is 53.4 Å². The van der Waals surface area contributed by atoms with Crippen molar-refractivity contribution in [3.8, 4) is 0 Å². The third-order valence-corrected chi connectivity index (χ3v) is 9.95. The second kappa shape index (κ2) is 28.3. The number of aliphatic hydroxyl groups is 1. The lowest BCUT2D eigenvalue weighted by Crippen LogP contribution is -2.60. The average molecular weight is 878 g/mol. The molecule has 12 N–H and O–H groups in total. The smallest absolute Gasteiger partial charge is 0.326 e. The zero-order valence-corrected chi connectivity index (χ0v) is 37.2. The van der Waals surface area contributed by atoms with E-state index in [1.54, 1.807) is 20.1 Å². The number of hydrogen-bond acceptors (Lipinski definition) is 13. The maximum Gasteiger partial charge on any atom is 0.326 e. The third kappa shape index (κ3) is 21.1. The highest BCUT2D eigenvalue weighted by Gasteiger charge is 2.33. The van der Waals surface area contributed by atoms with Crippen LogP contribution in [0.2, 0.25) is 0 Å². The van der Waals surface area contributed by atoms with Gasteiger partial charge in [0, 0.05) is 5.75 Å². The van der Waals surface area contributed by atoms with Crippen molar-refractivity contribution in [2.45, 2.75) is 129 Å². The largest absolute Gasteiger partial charge is 0.480 e. The molecule has 0 aromatic heterocycles. The highest BCUT2D eigenvalue weighted by atomic mass is 32.2. The average Bonchev–Trinajstić information content (AvgIpc) is 3.16. The Morgan fingerprint density at radius 3 is 1.58 bits per heavy atom. The molecule has 0 aromatic carbocycles. The van der Waals surface area contributed by atoms with Gasteiger partial charge in [0.15, 0.2) is 0 Å². The topological polar surface area (TPSA) is 316 Å². The first-order valence-electron chi connectivity index (χ1n) is 19.6. The number of thiol groups is 1. The first-order valence-corrected chi connectivity index (χ1v) is 21.6. The fraction of sp³-hybridized carbons (Fsp3) is 0.757. The molecule has 0 saturated heterocycles. The molecule has 338 valence electrons. The number of carbonyl (C=O) groups is 9. The minimum absolute atomic E-state index is 0.00452. The Morgan fingerprint density at radius 1 is 0.627 bits per heavy atom. The fourth-order valence-electron chi connectivity index (χ4n) is 5.30. The second-order valence-electron chi connectivity index (χ2n) is 15.2. The molecule has 0 fully saturated rings. The van der Waals surface area contributed by atoms with Gasteiger partial charge in [-0.05, 0) is 62.9 Å². The van der Waals surface area contributed by atoms with Crippen molar-refractivity contribution in [2.75, 3.05) is 30.9 Å². The summed E-state index contributed by atoms with van der Waals surface area (Å²) in [6.07, 6.45) is 2.81. The van der Waals surface area contributed by atoms with E-state index >= 15 is 0 Å². The van der Waals surface area contributed by atoms with Gasteiger partial charge in [-0.2, -0.15) is 24.4 Å². The number of carbonyl (C=O) groups excluding carboxylic acids is 8. The van der Waals surface area contributed by atoms with Crippen molar-refractivity contribution in [2.24, 2.45) is 23.5 Å². The predicted octanol–water partition coefficient (Wildman–Crippen LogP) is -2.24. The Labute approximate surface area is 356 Å². The standard InChI is InChI=1S/C37H67N9O11S2/c1-10-20(6)29(37(56)57)46-34(53)24(13-18(2)3)41-28(48)15-39-32(51)23(11-12-59-9)42-36(55)27(17-58)45-35(54)26(16-47)44-31(50)22(8)40-33(52)25(14-19(4)5)43-30(49)21(7)38/h18-27,29,47,58H,10-17,38H2,1-9H3,(H,39,51)(H,40,52)(H,41,48)(H,42,55)(H,43,49)(H,44,50)(H,45,54)(H,46,53)(H,56,57)/t20-,21-,22-,23-,24-,25-,26-,27-,29-/m0/s1. The Bertz CT molecular complexity index is 1440. The highest BCUT2D eigenvalue weighted by molar-refractivity contribution is 7.98. The van der Waals surface area contributed by atoms with Crippen LogP contribution in [0, 0.1) is 17.8 Å². The zero-order chi connectivity index (χ0) is 45.6. The molecule has 0 bridgehead atoms. The summed E-state index contributed by atoms with van der Waals surface area (Å²) in [5, 5.41) is 39.2. The van der Waals surface area contributed by atoms with E-state index in [4.69, 9.17) is 5.73 Å². The van der Waals surface area contributed by atoms with Gasteiger partial charge >= 0.3 is 5.97 Å². The van der Waals surface area contributed by atoms with Crippen LogP contribution in [0.1, 0.15) is 81.1 Å². The number of carboxylic acid groups (broad SMARTS) is 1. The SMILES string of the molecule is CC[C@H](C)[C@H](NC(=O)[C@H](CC(C)C)NC(=O)CNC(=O)[C@H](CCSC)NC(=O)[C@H](CS)NC(=O)[C@H](CO)NC(=O)[C@H](C)NC(=O)[C@H](CC(C)C)NC(=O)[C@H](C)N)C(=O)O. The van der Waals surface area contributed by atoms with Crippen molar-refractivity contribution in [3.05, 3.63) is 0 Å². The molecular formula is C37H67N9O11S2. The molecule has 0 aromatic rings. The Kier molecular flexibility index (Phi) is 26.3. The van der Waals surface area contributed by atoms with Crippen molar-refractivity contribution >= 4 is 77.6 Å². The van der Waals surface area contributed by atoms with E-state index in [-0.39, 0.29) is 42.8 Å². The summed E-state index contributed by atoms with van der Waals surface area (Å²) in [7, 11) is 0. The molecule has 0 heterocycles. The summed E-state index contributed by atoms with van der Waals surface area (Å²) in [6.45, 7) is 12.1. The van der Waals surface area contributed by atoms with Crippen LogP contribution >= 0.6 is 24.4 Å². The number of aliphatic hydroxyl groups excluding tert-OH is 1. The molecule has 0 aliphatic rings. The molecule has 22 heteroatoms. The maximum atomic E-state index is 13.3. The van der Waals surface area contributed by atoms with Crippen LogP contribution in [0.3, 0.4) is 0 Å². The van der Waals surface area contributed by atoms with Gasteiger partial charge in [0.25, 0.3) is 0 Å².